The van der Waals surface area contributed by atoms with E-state index in [-0.39, 0.29) is 6.10 Å². The van der Waals surface area contributed by atoms with Crippen LogP contribution < -0.4 is 9.47 Å². The number of benzene rings is 1. The monoisotopic (exact) mass is 306 g/mol. The van der Waals surface area contributed by atoms with Crippen molar-refractivity contribution in [3.63, 3.8) is 0 Å². The number of aliphatic hydroxyl groups excluding tert-OH is 1. The topological polar surface area (TPSA) is 45.2 Å². The van der Waals surface area contributed by atoms with Crippen molar-refractivity contribution < 1.29 is 14.6 Å². The molecule has 2 aliphatic rings. The molecule has 2 fully saturated rings. The lowest BCUT2D eigenvalue weighted by atomic mass is 10.1. The molecule has 22 heavy (non-hydrogen) atoms. The quantitative estimate of drug-likeness (QED) is 0.909. The highest BCUT2D eigenvalue weighted by Gasteiger charge is 2.37. The second-order valence-corrected chi connectivity index (χ2v) is 6.47. The largest absolute Gasteiger partial charge is 0.493 e. The normalized spacial score (nSPS) is 29.4. The molecule has 5 nitrogen and oxygen atoms in total. The highest BCUT2D eigenvalue weighted by Crippen LogP contribution is 2.30. The van der Waals surface area contributed by atoms with E-state index in [0.29, 0.717) is 12.1 Å². The third-order valence-electron chi connectivity index (χ3n) is 4.91. The van der Waals surface area contributed by atoms with Crippen molar-refractivity contribution in [2.45, 2.75) is 38.1 Å². The summed E-state index contributed by atoms with van der Waals surface area (Å²) >= 11 is 0. The van der Waals surface area contributed by atoms with Crippen molar-refractivity contribution >= 4 is 0 Å². The van der Waals surface area contributed by atoms with E-state index in [4.69, 9.17) is 9.47 Å². The number of aliphatic hydroxyl groups is 1. The average molecular weight is 306 g/mol. The first-order valence-electron chi connectivity index (χ1n) is 7.97. The van der Waals surface area contributed by atoms with Gasteiger partial charge in [-0.3, -0.25) is 9.80 Å². The maximum Gasteiger partial charge on any atom is 0.161 e. The van der Waals surface area contributed by atoms with Gasteiger partial charge in [0.1, 0.15) is 0 Å². The molecule has 5 heteroatoms. The van der Waals surface area contributed by atoms with Crippen LogP contribution in [-0.4, -0.2) is 66.9 Å². The molecule has 1 aromatic rings. The Kier molecular flexibility index (Phi) is 4.57. The fraction of sp³-hybridized carbons (Fsp3) is 0.647. The molecule has 2 saturated heterocycles. The minimum absolute atomic E-state index is 0.154. The second-order valence-electron chi connectivity index (χ2n) is 6.47. The zero-order valence-corrected chi connectivity index (χ0v) is 13.7. The van der Waals surface area contributed by atoms with Gasteiger partial charge in [0.05, 0.1) is 20.3 Å². The molecule has 3 atom stereocenters. The van der Waals surface area contributed by atoms with Crippen LogP contribution in [0.25, 0.3) is 0 Å². The van der Waals surface area contributed by atoms with Crippen molar-refractivity contribution in [2.24, 2.45) is 0 Å². The minimum atomic E-state index is -0.154. The number of nitrogens with zero attached hydrogens (tertiary/aromatic N) is 2. The molecular weight excluding hydrogens is 280 g/mol. The smallest absolute Gasteiger partial charge is 0.161 e. The number of piperazine rings is 1. The molecule has 2 heterocycles. The van der Waals surface area contributed by atoms with Crippen molar-refractivity contribution in [3.8, 4) is 11.5 Å². The Morgan fingerprint density at radius 1 is 1.14 bits per heavy atom. The van der Waals surface area contributed by atoms with Gasteiger partial charge in [0.2, 0.25) is 0 Å². The molecule has 0 radical (unpaired) electrons. The predicted octanol–water partition coefficient (Wildman–Crippen LogP) is 1.34. The summed E-state index contributed by atoms with van der Waals surface area (Å²) in [6.45, 7) is 6.06. The highest BCUT2D eigenvalue weighted by molar-refractivity contribution is 5.42. The molecule has 0 aromatic heterocycles. The standard InChI is InChI=1S/C17H26N2O3/c1-12-8-19-11-15(20)7-14(19)10-18(12)9-13-4-5-16(21-2)17(6-13)22-3/h4-6,12,14-15,20H,7-11H2,1-3H3/t12-,14-,15+/m0/s1. The number of methoxy groups -OCH3 is 2. The Morgan fingerprint density at radius 3 is 2.64 bits per heavy atom. The average Bonchev–Trinajstić information content (AvgIpc) is 2.86. The molecule has 0 unspecified atom stereocenters. The number of fused-ring (bicyclic) bond motifs is 1. The van der Waals surface area contributed by atoms with Crippen LogP contribution in [-0.2, 0) is 6.54 Å². The van der Waals surface area contributed by atoms with Crippen LogP contribution in [0.5, 0.6) is 11.5 Å². The van der Waals surface area contributed by atoms with E-state index in [0.717, 1.165) is 44.1 Å². The third kappa shape index (κ3) is 3.07. The van der Waals surface area contributed by atoms with Gasteiger partial charge in [-0.05, 0) is 31.0 Å². The lowest BCUT2D eigenvalue weighted by Crippen LogP contribution is -2.54. The maximum absolute atomic E-state index is 9.86. The Balaban J connectivity index is 1.70. The van der Waals surface area contributed by atoms with E-state index >= 15 is 0 Å². The summed E-state index contributed by atoms with van der Waals surface area (Å²) in [5.74, 6) is 1.55. The molecule has 0 spiro atoms. The lowest BCUT2D eigenvalue weighted by molar-refractivity contribution is 0.0528. The first-order chi connectivity index (χ1) is 10.6. The Bertz CT molecular complexity index is 523. The molecule has 1 aromatic carbocycles. The minimum Gasteiger partial charge on any atom is -0.493 e. The Hall–Kier alpha value is -1.30. The van der Waals surface area contributed by atoms with E-state index < -0.39 is 0 Å². The second kappa shape index (κ2) is 6.44. The summed E-state index contributed by atoms with van der Waals surface area (Å²) in [7, 11) is 3.33. The van der Waals surface area contributed by atoms with Crippen molar-refractivity contribution in [1.29, 1.82) is 0 Å². The van der Waals surface area contributed by atoms with Crippen LogP contribution in [0, 0.1) is 0 Å². The highest BCUT2D eigenvalue weighted by atomic mass is 16.5. The van der Waals surface area contributed by atoms with E-state index in [1.165, 1.54) is 5.56 Å². The summed E-state index contributed by atoms with van der Waals surface area (Å²) in [4.78, 5) is 4.93. The van der Waals surface area contributed by atoms with Crippen LogP contribution in [0.4, 0.5) is 0 Å². The summed E-state index contributed by atoms with van der Waals surface area (Å²) in [5, 5.41) is 9.86. The van der Waals surface area contributed by atoms with E-state index in [9.17, 15) is 5.11 Å². The fourth-order valence-electron chi connectivity index (χ4n) is 3.71. The number of ether oxygens (including phenoxy) is 2. The summed E-state index contributed by atoms with van der Waals surface area (Å²) in [5.41, 5.74) is 1.23. The van der Waals surface area contributed by atoms with Crippen molar-refractivity contribution in [2.75, 3.05) is 33.9 Å². The zero-order valence-electron chi connectivity index (χ0n) is 13.7. The van der Waals surface area contributed by atoms with Crippen LogP contribution in [0.15, 0.2) is 18.2 Å². The third-order valence-corrected chi connectivity index (χ3v) is 4.91. The summed E-state index contributed by atoms with van der Waals surface area (Å²) in [6, 6.07) is 7.11. The van der Waals surface area contributed by atoms with Gasteiger partial charge in [-0.15, -0.1) is 0 Å². The van der Waals surface area contributed by atoms with Crippen LogP contribution >= 0.6 is 0 Å². The van der Waals surface area contributed by atoms with Gasteiger partial charge in [-0.1, -0.05) is 6.07 Å². The lowest BCUT2D eigenvalue weighted by Gasteiger charge is -2.42. The summed E-state index contributed by atoms with van der Waals surface area (Å²) < 4.78 is 10.7. The van der Waals surface area contributed by atoms with Gasteiger partial charge in [-0.2, -0.15) is 0 Å². The van der Waals surface area contributed by atoms with E-state index in [1.807, 2.05) is 6.07 Å². The Morgan fingerprint density at radius 2 is 1.91 bits per heavy atom. The molecule has 3 rings (SSSR count). The molecule has 2 aliphatic heterocycles. The van der Waals surface area contributed by atoms with Gasteiger partial charge in [-0.25, -0.2) is 0 Å². The Labute approximate surface area is 132 Å². The van der Waals surface area contributed by atoms with Crippen LogP contribution in [0.2, 0.25) is 0 Å². The number of hydrogen-bond donors (Lipinski definition) is 1. The number of rotatable bonds is 4. The van der Waals surface area contributed by atoms with Crippen LogP contribution in [0.1, 0.15) is 18.9 Å². The molecular formula is C17H26N2O3. The van der Waals surface area contributed by atoms with Gasteiger partial charge in [0.25, 0.3) is 0 Å². The molecule has 0 bridgehead atoms. The fourth-order valence-corrected chi connectivity index (χ4v) is 3.71. The molecule has 122 valence electrons. The van der Waals surface area contributed by atoms with E-state index in [2.05, 4.69) is 28.9 Å². The molecule has 1 N–H and O–H groups in total. The number of hydrogen-bond acceptors (Lipinski definition) is 5. The van der Waals surface area contributed by atoms with Gasteiger partial charge < -0.3 is 14.6 Å². The van der Waals surface area contributed by atoms with Gasteiger partial charge in [0, 0.05) is 38.3 Å². The summed E-state index contributed by atoms with van der Waals surface area (Å²) in [6.07, 6.45) is 0.744. The predicted molar refractivity (Wildman–Crippen MR) is 85.4 cm³/mol. The molecule has 0 amide bonds. The van der Waals surface area contributed by atoms with Crippen molar-refractivity contribution in [1.82, 2.24) is 9.80 Å². The van der Waals surface area contributed by atoms with Gasteiger partial charge in [0.15, 0.2) is 11.5 Å². The first-order valence-corrected chi connectivity index (χ1v) is 7.97. The van der Waals surface area contributed by atoms with Gasteiger partial charge >= 0.3 is 0 Å². The van der Waals surface area contributed by atoms with E-state index in [1.54, 1.807) is 14.2 Å². The van der Waals surface area contributed by atoms with Crippen molar-refractivity contribution in [3.05, 3.63) is 23.8 Å². The zero-order chi connectivity index (χ0) is 15.7. The maximum atomic E-state index is 9.86. The SMILES string of the molecule is COc1ccc(CN2C[C@@H]3C[C@@H](O)CN3C[C@@H]2C)cc1OC. The molecule has 0 aliphatic carbocycles. The molecule has 0 saturated carbocycles. The van der Waals surface area contributed by atoms with Crippen LogP contribution in [0.3, 0.4) is 0 Å². The first kappa shape index (κ1) is 15.6.